The van der Waals surface area contributed by atoms with Crippen LogP contribution < -0.4 is 0 Å². The fourth-order valence-corrected chi connectivity index (χ4v) is 4.48. The first kappa shape index (κ1) is 25.4. The molecule has 0 heterocycles. The molecular weight excluding hydrogens is 388 g/mol. The van der Waals surface area contributed by atoms with Crippen molar-refractivity contribution in [1.29, 1.82) is 0 Å². The third kappa shape index (κ3) is 7.36. The van der Waals surface area contributed by atoms with Gasteiger partial charge in [-0.3, -0.25) is 9.59 Å². The van der Waals surface area contributed by atoms with Crippen LogP contribution in [0.15, 0.2) is 6.07 Å². The van der Waals surface area contributed by atoms with E-state index in [2.05, 4.69) is 26.8 Å². The number of carbonyl (C=O) groups is 2. The Balaban J connectivity index is 1.80. The molecule has 4 heteroatoms. The SMILES string of the molecule is Cc1c(CCCCCCC(C)(C)C(=O)O)cc(CCCCC2(OC=O)CC2)c(C)c1C. The molecule has 0 radical (unpaired) electrons. The van der Waals surface area contributed by atoms with Crippen molar-refractivity contribution in [1.82, 2.24) is 0 Å². The molecule has 2 rings (SSSR count). The minimum absolute atomic E-state index is 0.134. The number of rotatable bonds is 15. The van der Waals surface area contributed by atoms with Crippen LogP contribution in [0.3, 0.4) is 0 Å². The number of carbonyl (C=O) groups excluding carboxylic acids is 1. The molecule has 4 nitrogen and oxygen atoms in total. The zero-order valence-corrected chi connectivity index (χ0v) is 20.3. The number of hydrogen-bond acceptors (Lipinski definition) is 3. The summed E-state index contributed by atoms with van der Waals surface area (Å²) in [5.41, 5.74) is 6.43. The van der Waals surface area contributed by atoms with Crippen LogP contribution in [-0.2, 0) is 27.2 Å². The lowest BCUT2D eigenvalue weighted by molar-refractivity contribution is -0.147. The zero-order valence-electron chi connectivity index (χ0n) is 20.3. The lowest BCUT2D eigenvalue weighted by Crippen LogP contribution is -2.23. The highest BCUT2D eigenvalue weighted by molar-refractivity contribution is 5.73. The van der Waals surface area contributed by atoms with E-state index in [1.165, 1.54) is 27.8 Å². The molecule has 0 unspecified atom stereocenters. The summed E-state index contributed by atoms with van der Waals surface area (Å²) in [4.78, 5) is 21.8. The maximum Gasteiger partial charge on any atom is 0.309 e. The van der Waals surface area contributed by atoms with Crippen molar-refractivity contribution in [3.8, 4) is 0 Å². The summed E-state index contributed by atoms with van der Waals surface area (Å²) in [5, 5.41) is 9.22. The van der Waals surface area contributed by atoms with Gasteiger partial charge in [-0.05, 0) is 120 Å². The Bertz CT molecular complexity index is 759. The highest BCUT2D eigenvalue weighted by Crippen LogP contribution is 2.43. The summed E-state index contributed by atoms with van der Waals surface area (Å²) in [6.07, 6.45) is 12.6. The molecule has 1 aromatic rings. The molecular formula is C27H42O4. The van der Waals surface area contributed by atoms with E-state index < -0.39 is 11.4 Å². The number of aliphatic carboxylic acids is 1. The van der Waals surface area contributed by atoms with Crippen molar-refractivity contribution in [3.05, 3.63) is 33.9 Å². The molecule has 0 bridgehead atoms. The molecule has 0 saturated heterocycles. The van der Waals surface area contributed by atoms with Crippen LogP contribution in [-0.4, -0.2) is 23.1 Å². The van der Waals surface area contributed by atoms with Crippen molar-refractivity contribution < 1.29 is 19.4 Å². The van der Waals surface area contributed by atoms with E-state index >= 15 is 0 Å². The lowest BCUT2D eigenvalue weighted by Gasteiger charge is -2.19. The molecule has 1 aliphatic carbocycles. The Labute approximate surface area is 188 Å². The lowest BCUT2D eigenvalue weighted by atomic mass is 9.86. The molecule has 1 fully saturated rings. The van der Waals surface area contributed by atoms with Gasteiger partial charge in [0, 0.05) is 0 Å². The van der Waals surface area contributed by atoms with Crippen LogP contribution in [0, 0.1) is 26.2 Å². The number of benzene rings is 1. The van der Waals surface area contributed by atoms with Gasteiger partial charge in [0.15, 0.2) is 0 Å². The minimum Gasteiger partial charge on any atom is -0.481 e. The molecule has 31 heavy (non-hydrogen) atoms. The van der Waals surface area contributed by atoms with E-state index in [0.29, 0.717) is 6.47 Å². The smallest absolute Gasteiger partial charge is 0.309 e. The Morgan fingerprint density at radius 1 is 0.968 bits per heavy atom. The highest BCUT2D eigenvalue weighted by Gasteiger charge is 2.44. The summed E-state index contributed by atoms with van der Waals surface area (Å²) in [6.45, 7) is 11.0. The zero-order chi connectivity index (χ0) is 23.1. The van der Waals surface area contributed by atoms with Crippen molar-refractivity contribution >= 4 is 12.4 Å². The van der Waals surface area contributed by atoms with Gasteiger partial charge in [0.2, 0.25) is 0 Å². The molecule has 1 aromatic carbocycles. The van der Waals surface area contributed by atoms with Gasteiger partial charge in [-0.1, -0.05) is 25.3 Å². The third-order valence-electron chi connectivity index (χ3n) is 7.45. The van der Waals surface area contributed by atoms with Crippen molar-refractivity contribution in [2.45, 2.75) is 117 Å². The molecule has 0 aromatic heterocycles. The maximum atomic E-state index is 11.2. The second-order valence-electron chi connectivity index (χ2n) is 10.3. The molecule has 1 aliphatic rings. The van der Waals surface area contributed by atoms with Gasteiger partial charge >= 0.3 is 5.97 Å². The first-order valence-electron chi connectivity index (χ1n) is 12.1. The van der Waals surface area contributed by atoms with Gasteiger partial charge < -0.3 is 9.84 Å². The molecule has 0 spiro atoms. The minimum atomic E-state index is -0.700. The summed E-state index contributed by atoms with van der Waals surface area (Å²) in [7, 11) is 0. The van der Waals surface area contributed by atoms with Crippen LogP contribution in [0.1, 0.15) is 106 Å². The second kappa shape index (κ2) is 11.2. The van der Waals surface area contributed by atoms with Gasteiger partial charge in [-0.25, -0.2) is 0 Å². The normalized spacial score (nSPS) is 15.0. The number of ether oxygens (including phenoxy) is 1. The standard InChI is InChI=1S/C27H42O4/c1-20-21(2)23(12-8-6-7-10-14-26(4,5)25(29)30)18-24(22(20)3)13-9-11-15-27(16-17-27)31-19-28/h18-19H,6-17H2,1-5H3,(H,29,30). The number of carboxylic acids is 1. The summed E-state index contributed by atoms with van der Waals surface area (Å²) < 4.78 is 5.26. The topological polar surface area (TPSA) is 63.6 Å². The van der Waals surface area contributed by atoms with E-state index in [1.807, 2.05) is 13.8 Å². The first-order valence-corrected chi connectivity index (χ1v) is 12.1. The van der Waals surface area contributed by atoms with Crippen LogP contribution in [0.25, 0.3) is 0 Å². The number of carboxylic acid groups (broad SMARTS) is 1. The Morgan fingerprint density at radius 2 is 1.52 bits per heavy atom. The van der Waals surface area contributed by atoms with Gasteiger partial charge in [0.25, 0.3) is 6.47 Å². The van der Waals surface area contributed by atoms with Gasteiger partial charge in [-0.2, -0.15) is 0 Å². The monoisotopic (exact) mass is 430 g/mol. The predicted octanol–water partition coefficient (Wildman–Crippen LogP) is 6.63. The number of hydrogen-bond donors (Lipinski definition) is 1. The number of unbranched alkanes of at least 4 members (excludes halogenated alkanes) is 4. The predicted molar refractivity (Wildman–Crippen MR) is 126 cm³/mol. The summed E-state index contributed by atoms with van der Waals surface area (Å²) in [6, 6.07) is 2.42. The van der Waals surface area contributed by atoms with Gasteiger partial charge in [0.05, 0.1) is 5.41 Å². The average Bonchev–Trinajstić information content (AvgIpc) is 3.48. The van der Waals surface area contributed by atoms with Crippen molar-refractivity contribution in [3.63, 3.8) is 0 Å². The summed E-state index contributed by atoms with van der Waals surface area (Å²) >= 11 is 0. The fraction of sp³-hybridized carbons (Fsp3) is 0.704. The Morgan fingerprint density at radius 3 is 2.03 bits per heavy atom. The van der Waals surface area contributed by atoms with Crippen molar-refractivity contribution in [2.75, 3.05) is 0 Å². The maximum absolute atomic E-state index is 11.2. The van der Waals surface area contributed by atoms with Gasteiger partial charge in [-0.15, -0.1) is 0 Å². The highest BCUT2D eigenvalue weighted by atomic mass is 16.5. The molecule has 1 saturated carbocycles. The van der Waals surface area contributed by atoms with E-state index in [0.717, 1.165) is 77.0 Å². The van der Waals surface area contributed by atoms with Crippen molar-refractivity contribution in [2.24, 2.45) is 5.41 Å². The molecule has 174 valence electrons. The van der Waals surface area contributed by atoms with Crippen LogP contribution in [0.2, 0.25) is 0 Å². The van der Waals surface area contributed by atoms with Crippen LogP contribution in [0.5, 0.6) is 0 Å². The molecule has 0 amide bonds. The molecule has 0 atom stereocenters. The largest absolute Gasteiger partial charge is 0.481 e. The summed E-state index contributed by atoms with van der Waals surface area (Å²) in [5.74, 6) is -0.700. The molecule has 0 aliphatic heterocycles. The van der Waals surface area contributed by atoms with Gasteiger partial charge in [0.1, 0.15) is 5.60 Å². The van der Waals surface area contributed by atoms with Crippen LogP contribution >= 0.6 is 0 Å². The quantitative estimate of drug-likeness (QED) is 0.250. The second-order valence-corrected chi connectivity index (χ2v) is 10.3. The Hall–Kier alpha value is -1.84. The molecule has 1 N–H and O–H groups in total. The average molecular weight is 431 g/mol. The van der Waals surface area contributed by atoms with E-state index in [9.17, 15) is 14.7 Å². The third-order valence-corrected chi connectivity index (χ3v) is 7.45. The van der Waals surface area contributed by atoms with E-state index in [1.54, 1.807) is 0 Å². The van der Waals surface area contributed by atoms with E-state index in [-0.39, 0.29) is 5.60 Å². The number of aryl methyl sites for hydroxylation is 2. The van der Waals surface area contributed by atoms with E-state index in [4.69, 9.17) is 4.74 Å². The van der Waals surface area contributed by atoms with Crippen LogP contribution in [0.4, 0.5) is 0 Å². The Kier molecular flexibility index (Phi) is 9.14. The fourth-order valence-electron chi connectivity index (χ4n) is 4.48. The first-order chi connectivity index (χ1) is 14.6.